The molecule has 0 aliphatic carbocycles. The maximum atomic E-state index is 12.7. The number of likely N-dealkylation sites (tertiary alicyclic amines) is 1. The number of carbonyl (C=O) groups is 3. The minimum absolute atomic E-state index is 0.137. The summed E-state index contributed by atoms with van der Waals surface area (Å²) in [6.45, 7) is 2.09. The number of amides is 3. The Bertz CT molecular complexity index is 1060. The molecular formula is C22H19N3O3S. The lowest BCUT2D eigenvalue weighted by molar-refractivity contribution is -0.139. The summed E-state index contributed by atoms with van der Waals surface area (Å²) in [5, 5.41) is 3.70. The SMILES string of the molecule is Cc1nc(-c2ccccc2)sc1C(=O)Nc1ccc(CN2C(=O)CCC2=O)cc1. The molecule has 2 heterocycles. The van der Waals surface area contributed by atoms with Gasteiger partial charge in [-0.2, -0.15) is 0 Å². The average molecular weight is 405 g/mol. The van der Waals surface area contributed by atoms with Gasteiger partial charge in [0.1, 0.15) is 9.88 Å². The van der Waals surface area contributed by atoms with E-state index < -0.39 is 0 Å². The van der Waals surface area contributed by atoms with E-state index in [0.29, 0.717) is 16.3 Å². The van der Waals surface area contributed by atoms with Gasteiger partial charge in [-0.1, -0.05) is 42.5 Å². The molecule has 1 aliphatic heterocycles. The molecule has 7 heteroatoms. The Balaban J connectivity index is 1.44. The molecule has 3 aromatic rings. The van der Waals surface area contributed by atoms with Crippen molar-refractivity contribution in [3.63, 3.8) is 0 Å². The first-order chi connectivity index (χ1) is 14.0. The number of imide groups is 1. The summed E-state index contributed by atoms with van der Waals surface area (Å²) in [5.74, 6) is -0.482. The molecule has 146 valence electrons. The Hall–Kier alpha value is -3.32. The van der Waals surface area contributed by atoms with E-state index >= 15 is 0 Å². The zero-order chi connectivity index (χ0) is 20.4. The summed E-state index contributed by atoms with van der Waals surface area (Å²) < 4.78 is 0. The standard InChI is InChI=1S/C22H19N3O3S/c1-14-20(29-22(23-14)16-5-3-2-4-6-16)21(28)24-17-9-7-15(8-10-17)13-25-18(26)11-12-19(25)27/h2-10H,11-13H2,1H3,(H,24,28). The van der Waals surface area contributed by atoms with Gasteiger partial charge < -0.3 is 5.32 Å². The Labute approximate surface area is 172 Å². The smallest absolute Gasteiger partial charge is 0.267 e. The molecule has 4 rings (SSSR count). The van der Waals surface area contributed by atoms with Crippen LogP contribution in [0.4, 0.5) is 5.69 Å². The van der Waals surface area contributed by atoms with Crippen molar-refractivity contribution in [2.24, 2.45) is 0 Å². The number of benzene rings is 2. The van der Waals surface area contributed by atoms with Crippen LogP contribution in [0, 0.1) is 6.92 Å². The minimum atomic E-state index is -0.208. The van der Waals surface area contributed by atoms with Crippen LogP contribution in [0.2, 0.25) is 0 Å². The van der Waals surface area contributed by atoms with Crippen LogP contribution in [0.3, 0.4) is 0 Å². The van der Waals surface area contributed by atoms with E-state index in [4.69, 9.17) is 0 Å². The van der Waals surface area contributed by atoms with Crippen molar-refractivity contribution in [1.29, 1.82) is 0 Å². The number of thiazole rings is 1. The van der Waals surface area contributed by atoms with Crippen LogP contribution in [0.1, 0.15) is 33.8 Å². The summed E-state index contributed by atoms with van der Waals surface area (Å²) >= 11 is 1.36. The number of anilines is 1. The molecule has 0 unspecified atom stereocenters. The molecule has 29 heavy (non-hydrogen) atoms. The molecule has 1 aliphatic rings. The zero-order valence-electron chi connectivity index (χ0n) is 15.8. The highest BCUT2D eigenvalue weighted by Crippen LogP contribution is 2.28. The summed E-state index contributed by atoms with van der Waals surface area (Å²) in [4.78, 5) is 42.5. The monoisotopic (exact) mass is 405 g/mol. The number of hydrogen-bond donors (Lipinski definition) is 1. The predicted octanol–water partition coefficient (Wildman–Crippen LogP) is 4.02. The van der Waals surface area contributed by atoms with Gasteiger partial charge in [0.15, 0.2) is 0 Å². The second kappa shape index (κ2) is 7.97. The van der Waals surface area contributed by atoms with Crippen LogP contribution >= 0.6 is 11.3 Å². The lowest BCUT2D eigenvalue weighted by atomic mass is 10.2. The van der Waals surface area contributed by atoms with Gasteiger partial charge in [0.25, 0.3) is 5.91 Å². The van der Waals surface area contributed by atoms with Gasteiger partial charge in [-0.05, 0) is 24.6 Å². The maximum absolute atomic E-state index is 12.7. The topological polar surface area (TPSA) is 79.4 Å². The number of nitrogens with one attached hydrogen (secondary N) is 1. The lowest BCUT2D eigenvalue weighted by Gasteiger charge is -2.14. The van der Waals surface area contributed by atoms with E-state index in [2.05, 4.69) is 10.3 Å². The number of nitrogens with zero attached hydrogens (tertiary/aromatic N) is 2. The molecule has 0 saturated carbocycles. The fourth-order valence-electron chi connectivity index (χ4n) is 3.17. The number of aromatic nitrogens is 1. The van der Waals surface area contributed by atoms with Crippen LogP contribution in [-0.4, -0.2) is 27.6 Å². The lowest BCUT2D eigenvalue weighted by Crippen LogP contribution is -2.28. The van der Waals surface area contributed by atoms with E-state index in [-0.39, 0.29) is 37.1 Å². The van der Waals surface area contributed by atoms with Gasteiger partial charge in [-0.3, -0.25) is 19.3 Å². The second-order valence-corrected chi connectivity index (χ2v) is 7.82. The van der Waals surface area contributed by atoms with Crippen molar-refractivity contribution < 1.29 is 14.4 Å². The van der Waals surface area contributed by atoms with Crippen LogP contribution < -0.4 is 5.32 Å². The van der Waals surface area contributed by atoms with E-state index in [1.807, 2.05) is 49.4 Å². The van der Waals surface area contributed by atoms with Crippen molar-refractivity contribution in [2.45, 2.75) is 26.3 Å². The van der Waals surface area contributed by atoms with E-state index in [9.17, 15) is 14.4 Å². The van der Waals surface area contributed by atoms with Gasteiger partial charge in [0, 0.05) is 24.1 Å². The molecular weight excluding hydrogens is 386 g/mol. The van der Waals surface area contributed by atoms with Gasteiger partial charge in [-0.15, -0.1) is 11.3 Å². The fraction of sp³-hybridized carbons (Fsp3) is 0.182. The summed E-state index contributed by atoms with van der Waals surface area (Å²) in [5.41, 5.74) is 3.16. The highest BCUT2D eigenvalue weighted by atomic mass is 32.1. The zero-order valence-corrected chi connectivity index (χ0v) is 16.7. The summed E-state index contributed by atoms with van der Waals surface area (Å²) in [6, 6.07) is 16.9. The molecule has 1 N–H and O–H groups in total. The summed E-state index contributed by atoms with van der Waals surface area (Å²) in [6.07, 6.45) is 0.568. The Morgan fingerprint density at radius 1 is 1.03 bits per heavy atom. The molecule has 2 aromatic carbocycles. The molecule has 0 bridgehead atoms. The van der Waals surface area contributed by atoms with E-state index in [0.717, 1.165) is 16.1 Å². The first kappa shape index (κ1) is 19.0. The number of aryl methyl sites for hydroxylation is 1. The van der Waals surface area contributed by atoms with Gasteiger partial charge in [0.2, 0.25) is 11.8 Å². The highest BCUT2D eigenvalue weighted by molar-refractivity contribution is 7.17. The molecule has 3 amide bonds. The van der Waals surface area contributed by atoms with Crippen molar-refractivity contribution in [3.05, 3.63) is 70.7 Å². The maximum Gasteiger partial charge on any atom is 0.267 e. The molecule has 0 spiro atoms. The minimum Gasteiger partial charge on any atom is -0.321 e. The normalized spacial score (nSPS) is 13.8. The second-order valence-electron chi connectivity index (χ2n) is 6.82. The highest BCUT2D eigenvalue weighted by Gasteiger charge is 2.28. The van der Waals surface area contributed by atoms with Crippen LogP contribution in [0.25, 0.3) is 10.6 Å². The van der Waals surface area contributed by atoms with E-state index in [1.54, 1.807) is 12.1 Å². The molecule has 1 saturated heterocycles. The molecule has 0 radical (unpaired) electrons. The van der Waals surface area contributed by atoms with Crippen molar-refractivity contribution >= 4 is 34.7 Å². The van der Waals surface area contributed by atoms with Crippen molar-refractivity contribution in [1.82, 2.24) is 9.88 Å². The third-order valence-electron chi connectivity index (χ3n) is 4.73. The third kappa shape index (κ3) is 4.09. The Morgan fingerprint density at radius 3 is 2.34 bits per heavy atom. The van der Waals surface area contributed by atoms with Crippen molar-refractivity contribution in [3.8, 4) is 10.6 Å². The quantitative estimate of drug-likeness (QED) is 0.650. The number of hydrogen-bond acceptors (Lipinski definition) is 5. The van der Waals surface area contributed by atoms with Crippen LogP contribution in [-0.2, 0) is 16.1 Å². The average Bonchev–Trinajstić information content (AvgIpc) is 3.27. The molecule has 0 atom stereocenters. The van der Waals surface area contributed by atoms with E-state index in [1.165, 1.54) is 16.2 Å². The summed E-state index contributed by atoms with van der Waals surface area (Å²) in [7, 11) is 0. The largest absolute Gasteiger partial charge is 0.321 e. The third-order valence-corrected chi connectivity index (χ3v) is 5.94. The first-order valence-electron chi connectivity index (χ1n) is 9.27. The van der Waals surface area contributed by atoms with Crippen LogP contribution in [0.5, 0.6) is 0 Å². The van der Waals surface area contributed by atoms with Crippen LogP contribution in [0.15, 0.2) is 54.6 Å². The fourth-order valence-corrected chi connectivity index (χ4v) is 4.14. The number of rotatable bonds is 5. The van der Waals surface area contributed by atoms with Crippen molar-refractivity contribution in [2.75, 3.05) is 5.32 Å². The predicted molar refractivity (Wildman–Crippen MR) is 111 cm³/mol. The number of carbonyl (C=O) groups excluding carboxylic acids is 3. The Morgan fingerprint density at radius 2 is 1.69 bits per heavy atom. The van der Waals surface area contributed by atoms with Gasteiger partial charge >= 0.3 is 0 Å². The molecule has 1 fully saturated rings. The van der Waals surface area contributed by atoms with Gasteiger partial charge in [-0.25, -0.2) is 4.98 Å². The molecule has 6 nitrogen and oxygen atoms in total. The first-order valence-corrected chi connectivity index (χ1v) is 10.1. The van der Waals surface area contributed by atoms with Gasteiger partial charge in [0.05, 0.1) is 12.2 Å². The Kier molecular flexibility index (Phi) is 5.22. The molecule has 1 aromatic heterocycles.